The molecule has 9 nitrogen and oxygen atoms in total. The van der Waals surface area contributed by atoms with Gasteiger partial charge >= 0.3 is 0 Å². The monoisotopic (exact) mass is 412 g/mol. The lowest BCUT2D eigenvalue weighted by Crippen LogP contribution is -2.14. The van der Waals surface area contributed by atoms with Gasteiger partial charge in [0.15, 0.2) is 5.13 Å². The zero-order valence-corrected chi connectivity index (χ0v) is 15.8. The van der Waals surface area contributed by atoms with Gasteiger partial charge in [-0.1, -0.05) is 30.3 Å². The van der Waals surface area contributed by atoms with Gasteiger partial charge in [-0.05, 0) is 18.1 Å². The molecule has 1 heterocycles. The van der Waals surface area contributed by atoms with Gasteiger partial charge in [-0.25, -0.2) is 4.98 Å². The molecule has 0 aliphatic heterocycles. The number of rotatable bonds is 7. The summed E-state index contributed by atoms with van der Waals surface area (Å²) in [6.45, 7) is 0. The molecule has 0 fully saturated rings. The van der Waals surface area contributed by atoms with E-state index >= 15 is 0 Å². The fourth-order valence-electron chi connectivity index (χ4n) is 2.44. The zero-order valence-electron chi connectivity index (χ0n) is 15.0. The molecule has 2 aromatic carbocycles. The van der Waals surface area contributed by atoms with Crippen molar-refractivity contribution in [2.75, 3.05) is 10.6 Å². The molecule has 0 spiro atoms. The summed E-state index contributed by atoms with van der Waals surface area (Å²) in [6.07, 6.45) is 0.851. The Balaban J connectivity index is 1.59. The maximum atomic E-state index is 12.3. The summed E-state index contributed by atoms with van der Waals surface area (Å²) in [5.41, 5.74) is 0.672. The highest BCUT2D eigenvalue weighted by atomic mass is 32.1. The molecule has 3 rings (SSSR count). The normalized spacial score (nSPS) is 10.3. The Morgan fingerprint density at radius 3 is 2.62 bits per heavy atom. The average Bonchev–Trinajstić information content (AvgIpc) is 3.17. The first kappa shape index (κ1) is 20.0. The molecule has 0 bridgehead atoms. The van der Waals surface area contributed by atoms with Crippen molar-refractivity contribution in [2.45, 2.75) is 12.8 Å². The van der Waals surface area contributed by atoms with E-state index in [1.54, 1.807) is 0 Å². The summed E-state index contributed by atoms with van der Waals surface area (Å²) in [5.74, 6) is -1.21. The molecule has 3 aromatic rings. The largest absolute Gasteiger partial charge is 0.506 e. The Labute approximate surface area is 169 Å². The number of phenols is 1. The van der Waals surface area contributed by atoms with Gasteiger partial charge in [0, 0.05) is 23.9 Å². The number of nitro groups is 1. The number of aromatic hydroxyl groups is 1. The van der Waals surface area contributed by atoms with Crippen LogP contribution in [0, 0.1) is 10.1 Å². The predicted octanol–water partition coefficient (Wildman–Crippen LogP) is 3.58. The molecule has 1 aromatic heterocycles. The number of nitrogens with zero attached hydrogens (tertiary/aromatic N) is 2. The van der Waals surface area contributed by atoms with Crippen molar-refractivity contribution in [1.82, 2.24) is 4.98 Å². The Bertz CT molecular complexity index is 1050. The summed E-state index contributed by atoms with van der Waals surface area (Å²) in [6, 6.07) is 12.9. The average molecular weight is 412 g/mol. The first-order valence-electron chi connectivity index (χ1n) is 8.50. The van der Waals surface area contributed by atoms with Crippen LogP contribution in [0.1, 0.15) is 22.5 Å². The Morgan fingerprint density at radius 1 is 1.14 bits per heavy atom. The number of non-ortho nitro benzene ring substituents is 1. The topological polar surface area (TPSA) is 134 Å². The van der Waals surface area contributed by atoms with Crippen molar-refractivity contribution in [3.05, 3.63) is 75.3 Å². The highest BCUT2D eigenvalue weighted by Crippen LogP contribution is 2.28. The minimum absolute atomic E-state index is 0.0132. The van der Waals surface area contributed by atoms with Crippen molar-refractivity contribution in [3.8, 4) is 5.75 Å². The SMILES string of the molecule is O=C(CCc1ccccc1)Nc1nc(C(=O)Nc2cc([N+](=O)[O-])ccc2O)cs1. The lowest BCUT2D eigenvalue weighted by molar-refractivity contribution is -0.384. The number of hydrogen-bond donors (Lipinski definition) is 3. The van der Waals surface area contributed by atoms with Crippen LogP contribution in [-0.2, 0) is 11.2 Å². The van der Waals surface area contributed by atoms with Crippen LogP contribution in [0.25, 0.3) is 0 Å². The van der Waals surface area contributed by atoms with Crippen LogP contribution in [0.2, 0.25) is 0 Å². The molecule has 0 aliphatic rings. The Morgan fingerprint density at radius 2 is 1.90 bits per heavy atom. The number of carbonyl (C=O) groups is 2. The Hall–Kier alpha value is -3.79. The number of phenolic OH excluding ortho intramolecular Hbond substituents is 1. The van der Waals surface area contributed by atoms with Crippen LogP contribution in [-0.4, -0.2) is 26.8 Å². The smallest absolute Gasteiger partial charge is 0.275 e. The number of nitrogens with one attached hydrogen (secondary N) is 2. The molecule has 0 atom stereocenters. The minimum Gasteiger partial charge on any atom is -0.506 e. The summed E-state index contributed by atoms with van der Waals surface area (Å²) in [4.78, 5) is 38.6. The molecule has 10 heteroatoms. The number of aryl methyl sites for hydroxylation is 1. The summed E-state index contributed by atoms with van der Waals surface area (Å²) < 4.78 is 0. The quantitative estimate of drug-likeness (QED) is 0.308. The van der Waals surface area contributed by atoms with E-state index in [2.05, 4.69) is 15.6 Å². The van der Waals surface area contributed by atoms with Crippen LogP contribution < -0.4 is 10.6 Å². The number of thiazole rings is 1. The molecular formula is C19H16N4O5S. The van der Waals surface area contributed by atoms with Crippen LogP contribution in [0.5, 0.6) is 5.75 Å². The van der Waals surface area contributed by atoms with Crippen molar-refractivity contribution < 1.29 is 19.6 Å². The first-order chi connectivity index (χ1) is 13.9. The number of anilines is 2. The van der Waals surface area contributed by atoms with Crippen molar-refractivity contribution in [3.63, 3.8) is 0 Å². The molecule has 0 radical (unpaired) electrons. The maximum Gasteiger partial charge on any atom is 0.275 e. The molecular weight excluding hydrogens is 396 g/mol. The van der Waals surface area contributed by atoms with E-state index in [9.17, 15) is 24.8 Å². The van der Waals surface area contributed by atoms with Gasteiger partial charge in [0.1, 0.15) is 11.4 Å². The third-order valence-electron chi connectivity index (χ3n) is 3.91. The van der Waals surface area contributed by atoms with E-state index in [1.807, 2.05) is 30.3 Å². The molecule has 2 amide bonds. The highest BCUT2D eigenvalue weighted by molar-refractivity contribution is 7.14. The second-order valence-electron chi connectivity index (χ2n) is 5.98. The van der Waals surface area contributed by atoms with E-state index in [-0.39, 0.29) is 40.3 Å². The molecule has 29 heavy (non-hydrogen) atoms. The second kappa shape index (κ2) is 8.93. The van der Waals surface area contributed by atoms with E-state index in [0.717, 1.165) is 35.1 Å². The van der Waals surface area contributed by atoms with Gasteiger partial charge in [-0.3, -0.25) is 19.7 Å². The lowest BCUT2D eigenvalue weighted by atomic mass is 10.1. The Kier molecular flexibility index (Phi) is 6.15. The molecule has 0 unspecified atom stereocenters. The van der Waals surface area contributed by atoms with Gasteiger partial charge in [-0.15, -0.1) is 11.3 Å². The van der Waals surface area contributed by atoms with E-state index in [1.165, 1.54) is 5.38 Å². The van der Waals surface area contributed by atoms with E-state index < -0.39 is 10.8 Å². The number of benzene rings is 2. The highest BCUT2D eigenvalue weighted by Gasteiger charge is 2.16. The third-order valence-corrected chi connectivity index (χ3v) is 4.66. The second-order valence-corrected chi connectivity index (χ2v) is 6.84. The van der Waals surface area contributed by atoms with Gasteiger partial charge in [0.25, 0.3) is 11.6 Å². The molecule has 0 aliphatic carbocycles. The molecule has 0 saturated heterocycles. The fourth-order valence-corrected chi connectivity index (χ4v) is 3.15. The van der Waals surface area contributed by atoms with E-state index in [0.29, 0.717) is 6.42 Å². The molecule has 148 valence electrons. The van der Waals surface area contributed by atoms with Crippen LogP contribution in [0.15, 0.2) is 53.9 Å². The summed E-state index contributed by atoms with van der Waals surface area (Å²) in [5, 5.41) is 27.3. The minimum atomic E-state index is -0.665. The molecule has 0 saturated carbocycles. The fraction of sp³-hybridized carbons (Fsp3) is 0.105. The number of amides is 2. The summed E-state index contributed by atoms with van der Waals surface area (Å²) in [7, 11) is 0. The van der Waals surface area contributed by atoms with Gasteiger partial charge in [-0.2, -0.15) is 0 Å². The number of hydrogen-bond acceptors (Lipinski definition) is 7. The first-order valence-corrected chi connectivity index (χ1v) is 9.38. The number of nitro benzene ring substituents is 1. The number of aromatic nitrogens is 1. The van der Waals surface area contributed by atoms with Crippen molar-refractivity contribution in [1.29, 1.82) is 0 Å². The van der Waals surface area contributed by atoms with Crippen molar-refractivity contribution >= 4 is 39.7 Å². The standard InChI is InChI=1S/C19H16N4O5S/c24-16-8-7-13(23(27)28)10-14(16)20-18(26)15-11-29-19(21-15)22-17(25)9-6-12-4-2-1-3-5-12/h1-5,7-8,10-11,24H,6,9H2,(H,20,26)(H,21,22,25). The predicted molar refractivity (Wildman–Crippen MR) is 108 cm³/mol. The third kappa shape index (κ3) is 5.36. The van der Waals surface area contributed by atoms with Crippen LogP contribution >= 0.6 is 11.3 Å². The summed E-state index contributed by atoms with van der Waals surface area (Å²) >= 11 is 1.08. The van der Waals surface area contributed by atoms with Gasteiger partial charge in [0.2, 0.25) is 5.91 Å². The lowest BCUT2D eigenvalue weighted by Gasteiger charge is -2.05. The number of carbonyl (C=O) groups excluding carboxylic acids is 2. The van der Waals surface area contributed by atoms with Crippen LogP contribution in [0.4, 0.5) is 16.5 Å². The van der Waals surface area contributed by atoms with Gasteiger partial charge < -0.3 is 15.7 Å². The zero-order chi connectivity index (χ0) is 20.8. The maximum absolute atomic E-state index is 12.3. The van der Waals surface area contributed by atoms with Crippen LogP contribution in [0.3, 0.4) is 0 Å². The van der Waals surface area contributed by atoms with Gasteiger partial charge in [0.05, 0.1) is 10.6 Å². The molecule has 3 N–H and O–H groups in total. The van der Waals surface area contributed by atoms with E-state index in [4.69, 9.17) is 0 Å². The van der Waals surface area contributed by atoms with Crippen molar-refractivity contribution in [2.24, 2.45) is 0 Å².